The molecule has 1 saturated carbocycles. The van der Waals surface area contributed by atoms with E-state index in [9.17, 15) is 0 Å². The van der Waals surface area contributed by atoms with Crippen molar-refractivity contribution in [3.8, 4) is 0 Å². The number of ether oxygens (including phenoxy) is 4. The van der Waals surface area contributed by atoms with Crippen molar-refractivity contribution >= 4 is 0 Å². The summed E-state index contributed by atoms with van der Waals surface area (Å²) in [5.41, 5.74) is 3.07. The van der Waals surface area contributed by atoms with Gasteiger partial charge in [-0.2, -0.15) is 0 Å². The highest BCUT2D eigenvalue weighted by molar-refractivity contribution is 5.04. The molecule has 222 valence electrons. The van der Waals surface area contributed by atoms with Crippen molar-refractivity contribution < 1.29 is 18.9 Å². The number of hydrogen-bond donors (Lipinski definition) is 0. The Labute approximate surface area is 232 Å². The molecule has 0 aromatic rings. The molecule has 2 rings (SSSR count). The van der Waals surface area contributed by atoms with Crippen LogP contribution in [0, 0.1) is 34.0 Å². The summed E-state index contributed by atoms with van der Waals surface area (Å²) in [5.74, 6) is 2.56. The molecule has 0 atom stereocenters. The summed E-state index contributed by atoms with van der Waals surface area (Å²) in [5, 5.41) is 0. The van der Waals surface area contributed by atoms with Crippen LogP contribution in [0.5, 0.6) is 0 Å². The van der Waals surface area contributed by atoms with Crippen LogP contribution in [0.3, 0.4) is 0 Å². The summed E-state index contributed by atoms with van der Waals surface area (Å²) in [6.07, 6.45) is 7.13. The highest BCUT2D eigenvalue weighted by Gasteiger charge is 2.32. The largest absolute Gasteiger partial charge is 0.380 e. The summed E-state index contributed by atoms with van der Waals surface area (Å²) in [6, 6.07) is 0. The van der Waals surface area contributed by atoms with E-state index in [1.165, 1.54) is 25.7 Å². The number of methoxy groups -OCH3 is 2. The third kappa shape index (κ3) is 21.9. The zero-order chi connectivity index (χ0) is 29.3. The fraction of sp³-hybridized carbons (Fsp3) is 0.879. The van der Waals surface area contributed by atoms with Crippen molar-refractivity contribution in [2.75, 3.05) is 47.4 Å². The minimum atomic E-state index is 0.190. The van der Waals surface area contributed by atoms with Crippen LogP contribution in [0.2, 0.25) is 0 Å². The van der Waals surface area contributed by atoms with Crippen LogP contribution in [-0.4, -0.2) is 47.4 Å². The molecule has 4 heteroatoms. The first-order chi connectivity index (χ1) is 16.9. The van der Waals surface area contributed by atoms with Gasteiger partial charge in [-0.05, 0) is 46.2 Å². The topological polar surface area (TPSA) is 36.9 Å². The molecule has 4 nitrogen and oxygen atoms in total. The molecule has 1 heterocycles. The maximum Gasteiger partial charge on any atom is 0.146 e. The van der Waals surface area contributed by atoms with Crippen molar-refractivity contribution in [1.82, 2.24) is 0 Å². The van der Waals surface area contributed by atoms with E-state index in [2.05, 4.69) is 89.3 Å². The zero-order valence-electron chi connectivity index (χ0n) is 27.4. The van der Waals surface area contributed by atoms with Crippen molar-refractivity contribution in [3.05, 3.63) is 24.3 Å². The van der Waals surface area contributed by atoms with E-state index in [-0.39, 0.29) is 10.8 Å². The van der Waals surface area contributed by atoms with E-state index in [0.717, 1.165) is 42.6 Å². The first kappa shape index (κ1) is 38.5. The predicted octanol–water partition coefficient (Wildman–Crippen LogP) is 9.35. The molecule has 2 aliphatic rings. The Balaban J connectivity index is 0. The van der Waals surface area contributed by atoms with Gasteiger partial charge in [0.25, 0.3) is 0 Å². The molecule has 1 saturated heterocycles. The standard InChI is InChI=1S/C10H20O2.C8H16O.C8H16.C7H14O/c1-9(2,3)5-10(4)6-11-8-12-7-10;1-7(6-9-5)8(2,3)4;1-7(2)8-5-3-4-6-8;1-6(2)7(3)5-8-4/h5-8H2,1-4H3;1,6H2,2-5H3;7-8H,3-6H2,1-2H3;6H,3,5H2,1-2,4H3. The van der Waals surface area contributed by atoms with Crippen LogP contribution in [0.1, 0.15) is 108 Å². The van der Waals surface area contributed by atoms with Gasteiger partial charge in [0.2, 0.25) is 0 Å². The van der Waals surface area contributed by atoms with Crippen molar-refractivity contribution in [3.63, 3.8) is 0 Å². The van der Waals surface area contributed by atoms with Gasteiger partial charge in [-0.1, -0.05) is 115 Å². The van der Waals surface area contributed by atoms with Gasteiger partial charge < -0.3 is 18.9 Å². The van der Waals surface area contributed by atoms with Gasteiger partial charge in [0.1, 0.15) is 6.79 Å². The van der Waals surface area contributed by atoms with Gasteiger partial charge >= 0.3 is 0 Å². The highest BCUT2D eigenvalue weighted by atomic mass is 16.7. The molecule has 0 bridgehead atoms. The SMILES string of the molecule is C=C(COC)C(C)(C)C.C=C(COC)C(C)C.CC(C)(C)CC1(C)COCOC1.CC(C)C1CCCC1. The summed E-state index contributed by atoms with van der Waals surface area (Å²) in [6.45, 7) is 35.5. The lowest BCUT2D eigenvalue weighted by Crippen LogP contribution is -2.37. The molecular formula is C33H66O4. The van der Waals surface area contributed by atoms with Crippen LogP contribution >= 0.6 is 0 Å². The third-order valence-electron chi connectivity index (χ3n) is 6.89. The van der Waals surface area contributed by atoms with Crippen molar-refractivity contribution in [1.29, 1.82) is 0 Å². The first-order valence-corrected chi connectivity index (χ1v) is 14.4. The normalized spacial score (nSPS) is 17.7. The quantitative estimate of drug-likeness (QED) is 0.310. The van der Waals surface area contributed by atoms with Crippen LogP contribution in [0.4, 0.5) is 0 Å². The summed E-state index contributed by atoms with van der Waals surface area (Å²) in [4.78, 5) is 0. The Kier molecular flexibility index (Phi) is 20.2. The van der Waals surface area contributed by atoms with Gasteiger partial charge in [0.15, 0.2) is 0 Å². The molecular weight excluding hydrogens is 460 g/mol. The van der Waals surface area contributed by atoms with Crippen LogP contribution < -0.4 is 0 Å². The lowest BCUT2D eigenvalue weighted by atomic mass is 9.76. The molecule has 0 amide bonds. The van der Waals surface area contributed by atoms with Crippen molar-refractivity contribution in [2.24, 2.45) is 34.0 Å². The van der Waals surface area contributed by atoms with Crippen molar-refractivity contribution in [2.45, 2.75) is 108 Å². The third-order valence-corrected chi connectivity index (χ3v) is 6.89. The van der Waals surface area contributed by atoms with Gasteiger partial charge in [-0.25, -0.2) is 0 Å². The molecule has 1 aliphatic heterocycles. The predicted molar refractivity (Wildman–Crippen MR) is 162 cm³/mol. The maximum absolute atomic E-state index is 5.31. The lowest BCUT2D eigenvalue weighted by Gasteiger charge is -2.37. The summed E-state index contributed by atoms with van der Waals surface area (Å²) in [7, 11) is 3.38. The van der Waals surface area contributed by atoms with E-state index in [1.807, 2.05) is 0 Å². The van der Waals surface area contributed by atoms with Gasteiger partial charge in [0.05, 0.1) is 26.4 Å². The van der Waals surface area contributed by atoms with Gasteiger partial charge in [-0.3, -0.25) is 0 Å². The smallest absolute Gasteiger partial charge is 0.146 e. The van der Waals surface area contributed by atoms with Crippen LogP contribution in [0.15, 0.2) is 24.3 Å². The second kappa shape index (κ2) is 19.4. The molecule has 0 aromatic carbocycles. The summed E-state index contributed by atoms with van der Waals surface area (Å²) >= 11 is 0. The molecule has 0 N–H and O–H groups in total. The van der Waals surface area contributed by atoms with Crippen LogP contribution in [-0.2, 0) is 18.9 Å². The van der Waals surface area contributed by atoms with E-state index in [4.69, 9.17) is 18.9 Å². The Morgan fingerprint density at radius 2 is 1.32 bits per heavy atom. The Morgan fingerprint density at radius 3 is 1.57 bits per heavy atom. The first-order valence-electron chi connectivity index (χ1n) is 14.4. The fourth-order valence-corrected chi connectivity index (χ4v) is 4.43. The molecule has 37 heavy (non-hydrogen) atoms. The van der Waals surface area contributed by atoms with E-state index in [1.54, 1.807) is 14.2 Å². The molecule has 2 fully saturated rings. The number of rotatable bonds is 7. The second-order valence-electron chi connectivity index (χ2n) is 14.2. The molecule has 0 aromatic heterocycles. The van der Waals surface area contributed by atoms with E-state index in [0.29, 0.717) is 31.3 Å². The maximum atomic E-state index is 5.31. The van der Waals surface area contributed by atoms with Gasteiger partial charge in [0, 0.05) is 19.6 Å². The average molecular weight is 527 g/mol. The summed E-state index contributed by atoms with van der Waals surface area (Å²) < 4.78 is 20.4. The molecule has 1 aliphatic carbocycles. The zero-order valence-corrected chi connectivity index (χ0v) is 27.4. The molecule has 0 unspecified atom stereocenters. The van der Waals surface area contributed by atoms with E-state index < -0.39 is 0 Å². The second-order valence-corrected chi connectivity index (χ2v) is 14.2. The molecule has 0 radical (unpaired) electrons. The molecule has 0 spiro atoms. The van der Waals surface area contributed by atoms with E-state index >= 15 is 0 Å². The average Bonchev–Trinajstić information content (AvgIpc) is 3.29. The monoisotopic (exact) mass is 526 g/mol. The Bertz CT molecular complexity index is 580. The minimum absolute atomic E-state index is 0.190. The minimum Gasteiger partial charge on any atom is -0.380 e. The Hall–Kier alpha value is -0.680. The highest BCUT2D eigenvalue weighted by Crippen LogP contribution is 2.35. The lowest BCUT2D eigenvalue weighted by molar-refractivity contribution is -0.167. The van der Waals surface area contributed by atoms with Crippen LogP contribution in [0.25, 0.3) is 0 Å². The van der Waals surface area contributed by atoms with Gasteiger partial charge in [-0.15, -0.1) is 0 Å². The Morgan fingerprint density at radius 1 is 0.865 bits per heavy atom. The fourth-order valence-electron chi connectivity index (χ4n) is 4.43. The number of hydrogen-bond acceptors (Lipinski definition) is 4.